The van der Waals surface area contributed by atoms with E-state index in [1.165, 1.54) is 25.7 Å². The van der Waals surface area contributed by atoms with Gasteiger partial charge in [0.1, 0.15) is 22.4 Å². The summed E-state index contributed by atoms with van der Waals surface area (Å²) in [7, 11) is 0. The summed E-state index contributed by atoms with van der Waals surface area (Å²) in [5.74, 6) is 2.94. The van der Waals surface area contributed by atoms with Gasteiger partial charge in [0.05, 0.1) is 33.8 Å². The summed E-state index contributed by atoms with van der Waals surface area (Å²) < 4.78 is 14.0. The number of hydrogen-bond donors (Lipinski definition) is 2. The van der Waals surface area contributed by atoms with Crippen LogP contribution in [-0.2, 0) is 9.47 Å². The van der Waals surface area contributed by atoms with Crippen LogP contribution in [0.25, 0.3) is 20.8 Å². The summed E-state index contributed by atoms with van der Waals surface area (Å²) in [6.07, 6.45) is 8.17. The van der Waals surface area contributed by atoms with E-state index in [9.17, 15) is 0 Å². The van der Waals surface area contributed by atoms with E-state index >= 15 is 0 Å². The van der Waals surface area contributed by atoms with Gasteiger partial charge in [0, 0.05) is 12.2 Å². The third-order valence-corrected chi connectivity index (χ3v) is 9.58. The number of aryl methyl sites for hydroxylation is 2. The van der Waals surface area contributed by atoms with Crippen LogP contribution in [0.15, 0.2) is 12.3 Å². The van der Waals surface area contributed by atoms with Crippen LogP contribution in [-0.4, -0.2) is 50.0 Å². The van der Waals surface area contributed by atoms with Crippen molar-refractivity contribution in [3.63, 3.8) is 0 Å². The fraction of sp³-hybridized carbons (Fsp3) is 0.643. The molecule has 37 heavy (non-hydrogen) atoms. The lowest BCUT2D eigenvalue weighted by molar-refractivity contribution is -0.158. The molecule has 7 rings (SSSR count). The topological polar surface area (TPSA) is 94.1 Å². The van der Waals surface area contributed by atoms with Gasteiger partial charge >= 0.3 is 0 Å². The van der Waals surface area contributed by atoms with Gasteiger partial charge in [-0.05, 0) is 90.5 Å². The van der Waals surface area contributed by atoms with Gasteiger partial charge in [-0.1, -0.05) is 0 Å². The largest absolute Gasteiger partial charge is 0.364 e. The molecule has 0 bridgehead atoms. The molecule has 8 nitrogen and oxygen atoms in total. The molecular formula is C28H36N6O2S. The molecule has 0 amide bonds. The van der Waals surface area contributed by atoms with E-state index in [4.69, 9.17) is 24.4 Å². The summed E-state index contributed by atoms with van der Waals surface area (Å²) in [5.41, 5.74) is 3.77. The van der Waals surface area contributed by atoms with Crippen LogP contribution in [0, 0.1) is 31.6 Å². The van der Waals surface area contributed by atoms with Gasteiger partial charge < -0.3 is 20.1 Å². The first-order chi connectivity index (χ1) is 17.8. The highest BCUT2D eigenvalue weighted by molar-refractivity contribution is 7.21. The number of thiazole rings is 1. The maximum atomic E-state index is 6.47. The fourth-order valence-electron chi connectivity index (χ4n) is 6.33. The number of hydrogen-bond acceptors (Lipinski definition) is 9. The number of aromatic nitrogens is 4. The highest BCUT2D eigenvalue weighted by Crippen LogP contribution is 2.52. The van der Waals surface area contributed by atoms with E-state index in [2.05, 4.69) is 29.5 Å². The van der Waals surface area contributed by atoms with E-state index in [0.29, 0.717) is 23.8 Å². The Hall–Kier alpha value is -2.36. The van der Waals surface area contributed by atoms with Gasteiger partial charge in [0.15, 0.2) is 5.79 Å². The van der Waals surface area contributed by atoms with Crippen molar-refractivity contribution in [3.05, 3.63) is 23.7 Å². The van der Waals surface area contributed by atoms with Crippen LogP contribution < -0.4 is 10.6 Å². The maximum Gasteiger partial charge on any atom is 0.225 e. The predicted octanol–water partition coefficient (Wildman–Crippen LogP) is 5.71. The third-order valence-electron chi connectivity index (χ3n) is 8.54. The predicted molar refractivity (Wildman–Crippen MR) is 146 cm³/mol. The second-order valence-corrected chi connectivity index (χ2v) is 13.0. The SMILES string of the molecule is Cc1nc(N[C@H](C)C2CC2)nc(N[C@@H]2CC(C3CC3)[C@H]3OC(C)(C)O[C@H]32)c1-c1nc2c(C)nccc2s1. The van der Waals surface area contributed by atoms with Crippen molar-refractivity contribution >= 4 is 33.3 Å². The van der Waals surface area contributed by atoms with Crippen LogP contribution in [0.2, 0.25) is 0 Å². The minimum Gasteiger partial charge on any atom is -0.364 e. The zero-order chi connectivity index (χ0) is 25.5. The number of pyridine rings is 1. The lowest BCUT2D eigenvalue weighted by Gasteiger charge is -2.25. The summed E-state index contributed by atoms with van der Waals surface area (Å²) >= 11 is 1.67. The monoisotopic (exact) mass is 520 g/mol. The highest BCUT2D eigenvalue weighted by Gasteiger charge is 2.57. The van der Waals surface area contributed by atoms with Gasteiger partial charge in [-0.15, -0.1) is 11.3 Å². The number of ether oxygens (including phenoxy) is 2. The van der Waals surface area contributed by atoms with E-state index in [-0.39, 0.29) is 18.2 Å². The summed E-state index contributed by atoms with van der Waals surface area (Å²) in [6, 6.07) is 2.52. The molecule has 0 aromatic carbocycles. The number of rotatable bonds is 7. The second kappa shape index (κ2) is 8.58. The Balaban J connectivity index is 1.28. The Bertz CT molecular complexity index is 1350. The minimum atomic E-state index is -0.558. The molecule has 4 heterocycles. The molecule has 1 aliphatic heterocycles. The normalized spacial score (nSPS) is 29.4. The van der Waals surface area contributed by atoms with Gasteiger partial charge in [-0.25, -0.2) is 9.97 Å². The van der Waals surface area contributed by atoms with Crippen LogP contribution in [0.4, 0.5) is 11.8 Å². The molecular weight excluding hydrogens is 484 g/mol. The molecule has 1 saturated heterocycles. The first-order valence-corrected chi connectivity index (χ1v) is 14.6. The average molecular weight is 521 g/mol. The lowest BCUT2D eigenvalue weighted by atomic mass is 9.99. The summed E-state index contributed by atoms with van der Waals surface area (Å²) in [5, 5.41) is 8.34. The van der Waals surface area contributed by atoms with Gasteiger partial charge in [-0.3, -0.25) is 4.98 Å². The van der Waals surface area contributed by atoms with E-state index in [1.54, 1.807) is 11.3 Å². The zero-order valence-electron chi connectivity index (χ0n) is 22.2. The fourth-order valence-corrected chi connectivity index (χ4v) is 7.44. The van der Waals surface area contributed by atoms with Crippen molar-refractivity contribution in [2.24, 2.45) is 17.8 Å². The standard InChI is InChI=1S/C28H36N6O2S/c1-13(16-6-7-16)30-27-31-14(2)21(26-33-22-15(3)29-11-10-20(22)37-26)25(34-27)32-19-12-18(17-8-9-17)23-24(19)36-28(4,5)35-23/h10-11,13,16-19,23-24H,6-9,12H2,1-5H3,(H2,30,31,32,34)/t13-,18?,19-,23-,24+/m1/s1. The molecule has 3 saturated carbocycles. The van der Waals surface area contributed by atoms with Crippen molar-refractivity contribution in [2.45, 2.75) is 96.8 Å². The molecule has 1 unspecified atom stereocenters. The van der Waals surface area contributed by atoms with Crippen LogP contribution >= 0.6 is 11.3 Å². The van der Waals surface area contributed by atoms with E-state index in [1.807, 2.05) is 33.0 Å². The molecule has 9 heteroatoms. The second-order valence-electron chi connectivity index (χ2n) is 11.9. The van der Waals surface area contributed by atoms with E-state index in [0.717, 1.165) is 50.3 Å². The molecule has 3 aromatic rings. The summed E-state index contributed by atoms with van der Waals surface area (Å²) in [4.78, 5) is 19.4. The van der Waals surface area contributed by atoms with Crippen molar-refractivity contribution in [3.8, 4) is 10.6 Å². The Morgan fingerprint density at radius 2 is 1.81 bits per heavy atom. The van der Waals surface area contributed by atoms with Crippen LogP contribution in [0.1, 0.15) is 64.3 Å². The summed E-state index contributed by atoms with van der Waals surface area (Å²) in [6.45, 7) is 10.4. The van der Waals surface area contributed by atoms with Crippen molar-refractivity contribution in [1.82, 2.24) is 19.9 Å². The molecule has 4 aliphatic rings. The number of nitrogens with zero attached hydrogens (tertiary/aromatic N) is 4. The number of nitrogens with one attached hydrogen (secondary N) is 2. The minimum absolute atomic E-state index is 0.00679. The van der Waals surface area contributed by atoms with Gasteiger partial charge in [0.2, 0.25) is 5.95 Å². The maximum absolute atomic E-state index is 6.47. The third kappa shape index (κ3) is 4.38. The first-order valence-electron chi connectivity index (χ1n) is 13.8. The molecule has 5 atom stereocenters. The first kappa shape index (κ1) is 23.7. The van der Waals surface area contributed by atoms with Crippen molar-refractivity contribution in [2.75, 3.05) is 10.6 Å². The van der Waals surface area contributed by atoms with Crippen LogP contribution in [0.3, 0.4) is 0 Å². The Morgan fingerprint density at radius 3 is 2.54 bits per heavy atom. The number of anilines is 2. The smallest absolute Gasteiger partial charge is 0.225 e. The molecule has 0 radical (unpaired) electrons. The Kier molecular flexibility index (Phi) is 5.50. The molecule has 0 spiro atoms. The average Bonchev–Trinajstić information content (AvgIpc) is 3.75. The van der Waals surface area contributed by atoms with Crippen molar-refractivity contribution in [1.29, 1.82) is 0 Å². The van der Waals surface area contributed by atoms with Crippen molar-refractivity contribution < 1.29 is 9.47 Å². The Labute approximate surface area is 222 Å². The quantitative estimate of drug-likeness (QED) is 0.409. The van der Waals surface area contributed by atoms with E-state index < -0.39 is 5.79 Å². The molecule has 3 aliphatic carbocycles. The van der Waals surface area contributed by atoms with Gasteiger partial charge in [0.25, 0.3) is 0 Å². The molecule has 3 aromatic heterocycles. The van der Waals surface area contributed by atoms with Crippen LogP contribution in [0.5, 0.6) is 0 Å². The molecule has 4 fully saturated rings. The highest BCUT2D eigenvalue weighted by atomic mass is 32.1. The molecule has 2 N–H and O–H groups in total. The Morgan fingerprint density at radius 1 is 1.03 bits per heavy atom. The zero-order valence-corrected chi connectivity index (χ0v) is 23.1. The molecule has 196 valence electrons. The van der Waals surface area contributed by atoms with Gasteiger partial charge in [-0.2, -0.15) is 4.98 Å². The number of fused-ring (bicyclic) bond motifs is 2. The lowest BCUT2D eigenvalue weighted by Crippen LogP contribution is -2.35.